The van der Waals surface area contributed by atoms with Crippen molar-refractivity contribution in [3.63, 3.8) is 0 Å². The number of imidazole rings is 1. The Hall–Kier alpha value is -0.870. The van der Waals surface area contributed by atoms with Crippen LogP contribution in [0, 0.1) is 0 Å². The van der Waals surface area contributed by atoms with Crippen LogP contribution in [0.4, 0.5) is 0 Å². The Bertz CT molecular complexity index is 449. The molecule has 1 fully saturated rings. The zero-order chi connectivity index (χ0) is 14.5. The highest BCUT2D eigenvalue weighted by Crippen LogP contribution is 2.34. The highest BCUT2D eigenvalue weighted by Gasteiger charge is 2.25. The SMILES string of the molecule is COCCCCn1c(C2CCCCC2)nc2c1CCNC2. The lowest BCUT2D eigenvalue weighted by Crippen LogP contribution is -2.25. The highest BCUT2D eigenvalue weighted by atomic mass is 16.5. The third kappa shape index (κ3) is 3.49. The monoisotopic (exact) mass is 291 g/mol. The summed E-state index contributed by atoms with van der Waals surface area (Å²) in [6.45, 7) is 4.05. The molecule has 0 saturated heterocycles. The molecular formula is C17H29N3O. The Morgan fingerprint density at radius 3 is 2.90 bits per heavy atom. The lowest BCUT2D eigenvalue weighted by molar-refractivity contribution is 0.191. The van der Waals surface area contributed by atoms with Gasteiger partial charge in [-0.15, -0.1) is 0 Å². The van der Waals surface area contributed by atoms with Crippen molar-refractivity contribution < 1.29 is 4.74 Å². The fraction of sp³-hybridized carbons (Fsp3) is 0.824. The Morgan fingerprint density at radius 1 is 1.24 bits per heavy atom. The number of nitrogens with one attached hydrogen (secondary N) is 1. The van der Waals surface area contributed by atoms with Crippen LogP contribution >= 0.6 is 0 Å². The van der Waals surface area contributed by atoms with Crippen molar-refractivity contribution in [3.8, 4) is 0 Å². The van der Waals surface area contributed by atoms with Gasteiger partial charge in [-0.1, -0.05) is 19.3 Å². The van der Waals surface area contributed by atoms with Crippen LogP contribution in [0.1, 0.15) is 68.1 Å². The second kappa shape index (κ2) is 7.41. The van der Waals surface area contributed by atoms with E-state index in [0.717, 1.165) is 39.1 Å². The number of hydrogen-bond acceptors (Lipinski definition) is 3. The van der Waals surface area contributed by atoms with Gasteiger partial charge in [0.1, 0.15) is 5.82 Å². The molecule has 118 valence electrons. The maximum Gasteiger partial charge on any atom is 0.112 e. The Labute approximate surface area is 128 Å². The molecule has 1 aliphatic carbocycles. The largest absolute Gasteiger partial charge is 0.385 e. The van der Waals surface area contributed by atoms with Gasteiger partial charge in [-0.2, -0.15) is 0 Å². The van der Waals surface area contributed by atoms with E-state index < -0.39 is 0 Å². The summed E-state index contributed by atoms with van der Waals surface area (Å²) in [5.74, 6) is 2.09. The number of hydrogen-bond donors (Lipinski definition) is 1. The summed E-state index contributed by atoms with van der Waals surface area (Å²) in [5.41, 5.74) is 2.82. The lowest BCUT2D eigenvalue weighted by atomic mass is 9.88. The number of rotatable bonds is 6. The van der Waals surface area contributed by atoms with E-state index in [1.54, 1.807) is 7.11 Å². The molecule has 1 aromatic rings. The highest BCUT2D eigenvalue weighted by molar-refractivity contribution is 5.22. The van der Waals surface area contributed by atoms with Crippen LogP contribution in [-0.4, -0.2) is 29.8 Å². The van der Waals surface area contributed by atoms with Gasteiger partial charge in [0.15, 0.2) is 0 Å². The third-order valence-electron chi connectivity index (χ3n) is 4.97. The van der Waals surface area contributed by atoms with Crippen molar-refractivity contribution in [2.75, 3.05) is 20.3 Å². The van der Waals surface area contributed by atoms with Crippen LogP contribution in [0.15, 0.2) is 0 Å². The first-order chi connectivity index (χ1) is 10.4. The van der Waals surface area contributed by atoms with E-state index in [1.807, 2.05) is 0 Å². The number of nitrogens with zero attached hydrogens (tertiary/aromatic N) is 2. The van der Waals surface area contributed by atoms with Gasteiger partial charge in [-0.3, -0.25) is 0 Å². The molecule has 0 unspecified atom stereocenters. The second-order valence-corrected chi connectivity index (χ2v) is 6.48. The molecule has 3 rings (SSSR count). The molecule has 1 aromatic heterocycles. The van der Waals surface area contributed by atoms with Crippen molar-refractivity contribution in [1.82, 2.24) is 14.9 Å². The van der Waals surface area contributed by atoms with Gasteiger partial charge >= 0.3 is 0 Å². The minimum absolute atomic E-state index is 0.701. The predicted molar refractivity (Wildman–Crippen MR) is 84.6 cm³/mol. The van der Waals surface area contributed by atoms with Gasteiger partial charge in [0.25, 0.3) is 0 Å². The summed E-state index contributed by atoms with van der Waals surface area (Å²) in [6.07, 6.45) is 10.3. The van der Waals surface area contributed by atoms with Gasteiger partial charge in [0, 0.05) is 51.4 Å². The van der Waals surface area contributed by atoms with Crippen molar-refractivity contribution >= 4 is 0 Å². The summed E-state index contributed by atoms with van der Waals surface area (Å²) in [5, 5.41) is 3.46. The van der Waals surface area contributed by atoms with Crippen LogP contribution in [0.3, 0.4) is 0 Å². The molecule has 0 amide bonds. The summed E-state index contributed by atoms with van der Waals surface area (Å²) < 4.78 is 7.76. The molecule has 21 heavy (non-hydrogen) atoms. The Kier molecular flexibility index (Phi) is 5.31. The number of methoxy groups -OCH3 is 1. The molecule has 1 aliphatic heterocycles. The van der Waals surface area contributed by atoms with Crippen LogP contribution < -0.4 is 5.32 Å². The Balaban J connectivity index is 1.77. The van der Waals surface area contributed by atoms with Gasteiger partial charge < -0.3 is 14.6 Å². The zero-order valence-corrected chi connectivity index (χ0v) is 13.4. The van der Waals surface area contributed by atoms with Gasteiger partial charge in [0.2, 0.25) is 0 Å². The number of aromatic nitrogens is 2. The Morgan fingerprint density at radius 2 is 2.10 bits per heavy atom. The van der Waals surface area contributed by atoms with E-state index in [9.17, 15) is 0 Å². The van der Waals surface area contributed by atoms with Crippen molar-refractivity contribution in [2.45, 2.75) is 70.4 Å². The molecule has 0 aromatic carbocycles. The molecular weight excluding hydrogens is 262 g/mol. The number of unbranched alkanes of at least 4 members (excludes halogenated alkanes) is 1. The minimum Gasteiger partial charge on any atom is -0.385 e. The lowest BCUT2D eigenvalue weighted by Gasteiger charge is -2.23. The van der Waals surface area contributed by atoms with E-state index in [2.05, 4.69) is 9.88 Å². The van der Waals surface area contributed by atoms with E-state index in [0.29, 0.717) is 5.92 Å². The topological polar surface area (TPSA) is 39.1 Å². The summed E-state index contributed by atoms with van der Waals surface area (Å²) in [4.78, 5) is 5.04. The average Bonchev–Trinajstić information content (AvgIpc) is 2.91. The van der Waals surface area contributed by atoms with E-state index >= 15 is 0 Å². The van der Waals surface area contributed by atoms with Gasteiger partial charge in [-0.25, -0.2) is 4.98 Å². The summed E-state index contributed by atoms with van der Waals surface area (Å²) in [6, 6.07) is 0. The molecule has 0 radical (unpaired) electrons. The molecule has 0 spiro atoms. The van der Waals surface area contributed by atoms with Crippen LogP contribution in [0.2, 0.25) is 0 Å². The molecule has 1 saturated carbocycles. The fourth-order valence-electron chi connectivity index (χ4n) is 3.83. The smallest absolute Gasteiger partial charge is 0.112 e. The zero-order valence-electron chi connectivity index (χ0n) is 13.4. The van der Waals surface area contributed by atoms with Crippen molar-refractivity contribution in [2.24, 2.45) is 0 Å². The summed E-state index contributed by atoms with van der Waals surface area (Å²) >= 11 is 0. The second-order valence-electron chi connectivity index (χ2n) is 6.48. The third-order valence-corrected chi connectivity index (χ3v) is 4.97. The van der Waals surface area contributed by atoms with Gasteiger partial charge in [0.05, 0.1) is 5.69 Å². The molecule has 2 heterocycles. The maximum atomic E-state index is 5.19. The standard InChI is InChI=1S/C17H29N3O/c1-21-12-6-5-11-20-16-9-10-18-13-15(16)19-17(20)14-7-3-2-4-8-14/h14,18H,2-13H2,1H3. The van der Waals surface area contributed by atoms with Crippen LogP contribution in [0.25, 0.3) is 0 Å². The fourth-order valence-corrected chi connectivity index (χ4v) is 3.83. The van der Waals surface area contributed by atoms with Crippen LogP contribution in [-0.2, 0) is 24.2 Å². The van der Waals surface area contributed by atoms with E-state index in [1.165, 1.54) is 55.7 Å². The average molecular weight is 291 g/mol. The molecule has 1 N–H and O–H groups in total. The first-order valence-electron chi connectivity index (χ1n) is 8.68. The molecule has 4 nitrogen and oxygen atoms in total. The molecule has 4 heteroatoms. The predicted octanol–water partition coefficient (Wildman–Crippen LogP) is 3.00. The van der Waals surface area contributed by atoms with Crippen LogP contribution in [0.5, 0.6) is 0 Å². The number of fused-ring (bicyclic) bond motifs is 1. The van der Waals surface area contributed by atoms with Gasteiger partial charge in [-0.05, 0) is 25.7 Å². The molecule has 0 bridgehead atoms. The van der Waals surface area contributed by atoms with Crippen molar-refractivity contribution in [3.05, 3.63) is 17.2 Å². The summed E-state index contributed by atoms with van der Waals surface area (Å²) in [7, 11) is 1.79. The maximum absolute atomic E-state index is 5.19. The number of ether oxygens (including phenoxy) is 1. The van der Waals surface area contributed by atoms with E-state index in [-0.39, 0.29) is 0 Å². The first kappa shape index (κ1) is 15.0. The first-order valence-corrected chi connectivity index (χ1v) is 8.68. The minimum atomic E-state index is 0.701. The quantitative estimate of drug-likeness (QED) is 0.819. The normalized spacial score (nSPS) is 19.7. The molecule has 2 aliphatic rings. The van der Waals surface area contributed by atoms with Crippen molar-refractivity contribution in [1.29, 1.82) is 0 Å². The van der Waals surface area contributed by atoms with E-state index in [4.69, 9.17) is 9.72 Å². The molecule has 0 atom stereocenters.